The van der Waals surface area contributed by atoms with Crippen molar-refractivity contribution in [3.05, 3.63) is 28.8 Å². The van der Waals surface area contributed by atoms with Crippen molar-refractivity contribution in [3.8, 4) is 0 Å². The first-order valence-corrected chi connectivity index (χ1v) is 7.89. The summed E-state index contributed by atoms with van der Waals surface area (Å²) in [6.45, 7) is 2.97. The van der Waals surface area contributed by atoms with Crippen molar-refractivity contribution in [2.45, 2.75) is 44.7 Å². The Kier molecular flexibility index (Phi) is 5.70. The van der Waals surface area contributed by atoms with Gasteiger partial charge >= 0.3 is 0 Å². The van der Waals surface area contributed by atoms with E-state index in [1.54, 1.807) is 0 Å². The minimum absolute atomic E-state index is 0.183. The number of halogens is 1. The SMILES string of the molecule is CNC(C)c1ccc(N(CCO)C2CCCC2)cc1Cl. The first kappa shape index (κ1) is 15.6. The molecule has 3 nitrogen and oxygen atoms in total. The first-order chi connectivity index (χ1) is 9.67. The van der Waals surface area contributed by atoms with Gasteiger partial charge in [-0.2, -0.15) is 0 Å². The van der Waals surface area contributed by atoms with Gasteiger partial charge in [-0.3, -0.25) is 0 Å². The number of anilines is 1. The van der Waals surface area contributed by atoms with E-state index in [1.807, 2.05) is 13.1 Å². The van der Waals surface area contributed by atoms with Gasteiger partial charge in [0.05, 0.1) is 6.61 Å². The number of aliphatic hydroxyl groups excluding tert-OH is 1. The van der Waals surface area contributed by atoms with Gasteiger partial charge in [-0.05, 0) is 44.5 Å². The van der Waals surface area contributed by atoms with Gasteiger partial charge < -0.3 is 15.3 Å². The molecule has 0 amide bonds. The van der Waals surface area contributed by atoms with E-state index in [0.717, 1.165) is 16.3 Å². The molecule has 1 aromatic rings. The Morgan fingerprint density at radius 3 is 2.65 bits per heavy atom. The lowest BCUT2D eigenvalue weighted by Gasteiger charge is -2.31. The highest BCUT2D eigenvalue weighted by Gasteiger charge is 2.23. The van der Waals surface area contributed by atoms with Crippen molar-refractivity contribution in [3.63, 3.8) is 0 Å². The van der Waals surface area contributed by atoms with E-state index in [0.29, 0.717) is 12.6 Å². The Balaban J connectivity index is 2.22. The number of hydrogen-bond donors (Lipinski definition) is 2. The molecule has 1 aliphatic rings. The van der Waals surface area contributed by atoms with E-state index >= 15 is 0 Å². The monoisotopic (exact) mass is 296 g/mol. The molecule has 2 rings (SSSR count). The van der Waals surface area contributed by atoms with Crippen LogP contribution in [-0.2, 0) is 0 Å². The van der Waals surface area contributed by atoms with Crippen LogP contribution in [0.1, 0.15) is 44.2 Å². The van der Waals surface area contributed by atoms with Gasteiger partial charge in [-0.15, -0.1) is 0 Å². The summed E-state index contributed by atoms with van der Waals surface area (Å²) in [6, 6.07) is 7.06. The molecule has 1 aromatic carbocycles. The molecule has 20 heavy (non-hydrogen) atoms. The Morgan fingerprint density at radius 1 is 1.40 bits per heavy atom. The number of nitrogens with zero attached hydrogens (tertiary/aromatic N) is 1. The molecular formula is C16H25ClN2O. The average Bonchev–Trinajstić information content (AvgIpc) is 2.97. The summed E-state index contributed by atoms with van der Waals surface area (Å²) in [5.74, 6) is 0. The Morgan fingerprint density at radius 2 is 2.10 bits per heavy atom. The van der Waals surface area contributed by atoms with Crippen molar-refractivity contribution in [2.24, 2.45) is 0 Å². The van der Waals surface area contributed by atoms with Gasteiger partial charge in [-0.25, -0.2) is 0 Å². The predicted octanol–water partition coefficient (Wildman–Crippen LogP) is 3.36. The Hall–Kier alpha value is -0.770. The zero-order valence-corrected chi connectivity index (χ0v) is 13.2. The largest absolute Gasteiger partial charge is 0.395 e. The molecule has 0 spiro atoms. The molecular weight excluding hydrogens is 272 g/mol. The highest BCUT2D eigenvalue weighted by Crippen LogP contribution is 2.32. The van der Waals surface area contributed by atoms with Gasteiger partial charge in [0, 0.05) is 29.3 Å². The molecule has 1 atom stereocenters. The summed E-state index contributed by atoms with van der Waals surface area (Å²) in [5.41, 5.74) is 2.25. The van der Waals surface area contributed by atoms with Crippen molar-refractivity contribution in [2.75, 3.05) is 25.1 Å². The molecule has 0 heterocycles. The first-order valence-electron chi connectivity index (χ1n) is 7.51. The third-order valence-electron chi connectivity index (χ3n) is 4.32. The van der Waals surface area contributed by atoms with Crippen LogP contribution in [0, 0.1) is 0 Å². The number of aliphatic hydroxyl groups is 1. The molecule has 0 aliphatic heterocycles. The molecule has 0 saturated heterocycles. The zero-order chi connectivity index (χ0) is 14.5. The second-order valence-electron chi connectivity index (χ2n) is 5.57. The van der Waals surface area contributed by atoms with Crippen LogP contribution in [0.5, 0.6) is 0 Å². The van der Waals surface area contributed by atoms with Crippen LogP contribution < -0.4 is 10.2 Å². The standard InChI is InChI=1S/C16H25ClN2O/c1-12(18-2)15-8-7-14(11-16(15)17)19(9-10-20)13-5-3-4-6-13/h7-8,11-13,18,20H,3-6,9-10H2,1-2H3. The average molecular weight is 297 g/mol. The third kappa shape index (κ3) is 3.46. The maximum atomic E-state index is 9.32. The predicted molar refractivity (Wildman–Crippen MR) is 85.6 cm³/mol. The minimum Gasteiger partial charge on any atom is -0.395 e. The number of benzene rings is 1. The summed E-state index contributed by atoms with van der Waals surface area (Å²) in [7, 11) is 1.94. The van der Waals surface area contributed by atoms with Crippen LogP contribution in [-0.4, -0.2) is 31.3 Å². The van der Waals surface area contributed by atoms with E-state index in [2.05, 4.69) is 29.3 Å². The third-order valence-corrected chi connectivity index (χ3v) is 4.65. The van der Waals surface area contributed by atoms with E-state index in [9.17, 15) is 5.11 Å². The smallest absolute Gasteiger partial charge is 0.0606 e. The van der Waals surface area contributed by atoms with Crippen molar-refractivity contribution in [1.82, 2.24) is 5.32 Å². The highest BCUT2D eigenvalue weighted by molar-refractivity contribution is 6.31. The van der Waals surface area contributed by atoms with E-state index < -0.39 is 0 Å². The fraction of sp³-hybridized carbons (Fsp3) is 0.625. The topological polar surface area (TPSA) is 35.5 Å². The van der Waals surface area contributed by atoms with Gasteiger partial charge in [0.15, 0.2) is 0 Å². The van der Waals surface area contributed by atoms with Gasteiger partial charge in [0.25, 0.3) is 0 Å². The Bertz CT molecular complexity index is 432. The summed E-state index contributed by atoms with van der Waals surface area (Å²) in [6.07, 6.45) is 5.00. The fourth-order valence-electron chi connectivity index (χ4n) is 3.05. The summed E-state index contributed by atoms with van der Waals surface area (Å²) < 4.78 is 0. The maximum Gasteiger partial charge on any atom is 0.0606 e. The summed E-state index contributed by atoms with van der Waals surface area (Å²) in [4.78, 5) is 2.31. The molecule has 4 heteroatoms. The lowest BCUT2D eigenvalue weighted by Crippen LogP contribution is -2.35. The van der Waals surface area contributed by atoms with Crippen LogP contribution in [0.15, 0.2) is 18.2 Å². The van der Waals surface area contributed by atoms with E-state index in [1.165, 1.54) is 25.7 Å². The van der Waals surface area contributed by atoms with E-state index in [-0.39, 0.29) is 12.6 Å². The molecule has 2 N–H and O–H groups in total. The second-order valence-corrected chi connectivity index (χ2v) is 5.98. The summed E-state index contributed by atoms with van der Waals surface area (Å²) in [5, 5.41) is 13.3. The molecule has 0 radical (unpaired) electrons. The van der Waals surface area contributed by atoms with Gasteiger partial charge in [-0.1, -0.05) is 30.5 Å². The Labute approximate surface area is 126 Å². The second kappa shape index (κ2) is 7.30. The van der Waals surface area contributed by atoms with Crippen LogP contribution in [0.25, 0.3) is 0 Å². The number of rotatable bonds is 6. The van der Waals surface area contributed by atoms with Crippen molar-refractivity contribution >= 4 is 17.3 Å². The molecule has 1 aliphatic carbocycles. The van der Waals surface area contributed by atoms with Crippen molar-refractivity contribution in [1.29, 1.82) is 0 Å². The van der Waals surface area contributed by atoms with Crippen molar-refractivity contribution < 1.29 is 5.11 Å². The molecule has 112 valence electrons. The molecule has 1 saturated carbocycles. The molecule has 1 unspecified atom stereocenters. The van der Waals surface area contributed by atoms with E-state index in [4.69, 9.17) is 11.6 Å². The van der Waals surface area contributed by atoms with Gasteiger partial charge in [0.1, 0.15) is 0 Å². The van der Waals surface area contributed by atoms with Crippen LogP contribution in [0.4, 0.5) is 5.69 Å². The van der Waals surface area contributed by atoms with Gasteiger partial charge in [0.2, 0.25) is 0 Å². The quantitative estimate of drug-likeness (QED) is 0.845. The maximum absolute atomic E-state index is 9.32. The molecule has 1 fully saturated rings. The normalized spacial score (nSPS) is 17.4. The molecule has 0 aromatic heterocycles. The van der Waals surface area contributed by atoms with Crippen LogP contribution in [0.2, 0.25) is 5.02 Å². The van der Waals surface area contributed by atoms with Crippen LogP contribution in [0.3, 0.4) is 0 Å². The lowest BCUT2D eigenvalue weighted by atomic mass is 10.1. The number of nitrogens with one attached hydrogen (secondary N) is 1. The number of hydrogen-bond acceptors (Lipinski definition) is 3. The minimum atomic E-state index is 0.183. The zero-order valence-electron chi connectivity index (χ0n) is 12.4. The summed E-state index contributed by atoms with van der Waals surface area (Å²) >= 11 is 6.42. The molecule has 0 bridgehead atoms. The fourth-order valence-corrected chi connectivity index (χ4v) is 3.39. The highest BCUT2D eigenvalue weighted by atomic mass is 35.5. The lowest BCUT2D eigenvalue weighted by molar-refractivity contribution is 0.297. The van der Waals surface area contributed by atoms with Crippen LogP contribution >= 0.6 is 11.6 Å².